The number of thioether (sulfide) groups is 1. The molecule has 38 heavy (non-hydrogen) atoms. The molecule has 1 aromatic heterocycles. The topological polar surface area (TPSA) is 104 Å². The molecule has 0 aliphatic carbocycles. The van der Waals surface area contributed by atoms with Crippen LogP contribution in [-0.4, -0.2) is 45.8 Å². The molecule has 2 aromatic carbocycles. The Morgan fingerprint density at radius 1 is 1.05 bits per heavy atom. The molecule has 0 saturated heterocycles. The fraction of sp³-hybridized carbons (Fsp3) is 0.346. The van der Waals surface area contributed by atoms with E-state index in [4.69, 9.17) is 0 Å². The lowest BCUT2D eigenvalue weighted by atomic mass is 10.1. The zero-order valence-corrected chi connectivity index (χ0v) is 22.9. The van der Waals surface area contributed by atoms with Gasteiger partial charge in [0.2, 0.25) is 22.9 Å². The van der Waals surface area contributed by atoms with Gasteiger partial charge in [0, 0.05) is 17.8 Å². The van der Waals surface area contributed by atoms with Crippen LogP contribution in [-0.2, 0) is 20.8 Å². The summed E-state index contributed by atoms with van der Waals surface area (Å²) in [5, 5.41) is 13.5. The first kappa shape index (κ1) is 29.2. The number of carbonyl (C=O) groups is 3. The van der Waals surface area contributed by atoms with Crippen molar-refractivity contribution >= 4 is 51.6 Å². The minimum Gasteiger partial charge on any atom is -0.344 e. The lowest BCUT2D eigenvalue weighted by Crippen LogP contribution is -2.44. The van der Waals surface area contributed by atoms with Crippen molar-refractivity contribution in [2.24, 2.45) is 0 Å². The number of nitrogens with one attached hydrogen (secondary N) is 2. The zero-order chi connectivity index (χ0) is 27.7. The summed E-state index contributed by atoms with van der Waals surface area (Å²) in [4.78, 5) is 39.9. The predicted molar refractivity (Wildman–Crippen MR) is 145 cm³/mol. The summed E-state index contributed by atoms with van der Waals surface area (Å²) in [6, 6.07) is 11.4. The summed E-state index contributed by atoms with van der Waals surface area (Å²) in [6.07, 6.45) is 0.695. The largest absolute Gasteiger partial charge is 0.344 e. The maximum absolute atomic E-state index is 13.4. The van der Waals surface area contributed by atoms with E-state index in [0.29, 0.717) is 17.2 Å². The average Bonchev–Trinajstić information content (AvgIpc) is 3.29. The molecule has 0 aliphatic rings. The number of rotatable bonds is 12. The van der Waals surface area contributed by atoms with Gasteiger partial charge in [0.1, 0.15) is 17.7 Å². The van der Waals surface area contributed by atoms with E-state index in [2.05, 4.69) is 20.8 Å². The molecule has 0 aliphatic heterocycles. The molecule has 0 saturated carbocycles. The van der Waals surface area contributed by atoms with E-state index >= 15 is 0 Å². The van der Waals surface area contributed by atoms with Gasteiger partial charge in [-0.05, 0) is 50.1 Å². The third kappa shape index (κ3) is 8.59. The molecular formula is C26H29F2N5O3S2. The smallest absolute Gasteiger partial charge is 0.248 e. The predicted octanol–water partition coefficient (Wildman–Crippen LogP) is 4.82. The highest BCUT2D eigenvalue weighted by molar-refractivity contribution is 8.01. The summed E-state index contributed by atoms with van der Waals surface area (Å²) < 4.78 is 27.3. The second-order valence-electron chi connectivity index (χ2n) is 8.71. The van der Waals surface area contributed by atoms with E-state index < -0.39 is 29.5 Å². The Bertz CT molecular complexity index is 1240. The fourth-order valence-electron chi connectivity index (χ4n) is 3.72. The molecule has 1 atom stereocenters. The standard InChI is InChI=1S/C26H29F2N5O3S2/c1-4-8-21(29-22(34)13-17-11-18(27)14-19(28)12-17)24(36)30-25-31-32-26(38-25)37-15-23(35)33(16(2)3)20-9-6-5-7-10-20/h5-7,9-12,14,16,21H,4,8,13,15H2,1-3H3,(H,29,34)(H,30,31,36). The molecule has 3 amide bonds. The molecule has 2 N–H and O–H groups in total. The van der Waals surface area contributed by atoms with Gasteiger partial charge in [-0.15, -0.1) is 10.2 Å². The van der Waals surface area contributed by atoms with E-state index in [9.17, 15) is 23.2 Å². The summed E-state index contributed by atoms with van der Waals surface area (Å²) in [6.45, 7) is 5.74. The number of para-hydroxylation sites is 1. The van der Waals surface area contributed by atoms with E-state index in [0.717, 1.165) is 35.2 Å². The first-order valence-electron chi connectivity index (χ1n) is 12.0. The summed E-state index contributed by atoms with van der Waals surface area (Å²) in [7, 11) is 0. The number of nitrogens with zero attached hydrogens (tertiary/aromatic N) is 3. The van der Waals surface area contributed by atoms with Gasteiger partial charge in [-0.2, -0.15) is 0 Å². The van der Waals surface area contributed by atoms with Crippen LogP contribution in [0.1, 0.15) is 39.2 Å². The molecule has 3 rings (SSSR count). The van der Waals surface area contributed by atoms with Crippen LogP contribution in [0.5, 0.6) is 0 Å². The molecule has 0 bridgehead atoms. The number of halogens is 2. The number of carbonyl (C=O) groups excluding carboxylic acids is 3. The maximum atomic E-state index is 13.4. The van der Waals surface area contributed by atoms with Crippen molar-refractivity contribution in [2.75, 3.05) is 16.0 Å². The average molecular weight is 562 g/mol. The van der Waals surface area contributed by atoms with Crippen LogP contribution in [0.4, 0.5) is 19.6 Å². The summed E-state index contributed by atoms with van der Waals surface area (Å²) in [5.74, 6) is -2.52. The molecule has 8 nitrogen and oxygen atoms in total. The Morgan fingerprint density at radius 3 is 2.37 bits per heavy atom. The number of hydrogen-bond donors (Lipinski definition) is 2. The lowest BCUT2D eigenvalue weighted by molar-refractivity contribution is -0.126. The third-order valence-electron chi connectivity index (χ3n) is 5.29. The Kier molecular flexibility index (Phi) is 10.7. The van der Waals surface area contributed by atoms with Crippen LogP contribution in [0.3, 0.4) is 0 Å². The monoisotopic (exact) mass is 561 g/mol. The second kappa shape index (κ2) is 14.0. The summed E-state index contributed by atoms with van der Waals surface area (Å²) >= 11 is 2.34. The van der Waals surface area contributed by atoms with Crippen molar-refractivity contribution in [1.29, 1.82) is 0 Å². The number of hydrogen-bond acceptors (Lipinski definition) is 7. The van der Waals surface area contributed by atoms with Crippen LogP contribution in [0, 0.1) is 11.6 Å². The van der Waals surface area contributed by atoms with E-state index in [1.807, 2.05) is 51.1 Å². The normalized spacial score (nSPS) is 11.7. The van der Waals surface area contributed by atoms with Crippen molar-refractivity contribution in [1.82, 2.24) is 15.5 Å². The highest BCUT2D eigenvalue weighted by Crippen LogP contribution is 2.27. The quantitative estimate of drug-likeness (QED) is 0.243. The number of amides is 3. The highest BCUT2D eigenvalue weighted by atomic mass is 32.2. The third-order valence-corrected chi connectivity index (χ3v) is 7.25. The molecule has 0 spiro atoms. The van der Waals surface area contributed by atoms with Gasteiger partial charge in [0.05, 0.1) is 12.2 Å². The molecule has 3 aromatic rings. The first-order chi connectivity index (χ1) is 18.2. The van der Waals surface area contributed by atoms with Crippen LogP contribution in [0.25, 0.3) is 0 Å². The van der Waals surface area contributed by atoms with Crippen molar-refractivity contribution in [3.8, 4) is 0 Å². The van der Waals surface area contributed by atoms with Crippen molar-refractivity contribution in [2.45, 2.75) is 56.5 Å². The van der Waals surface area contributed by atoms with Gasteiger partial charge in [-0.3, -0.25) is 19.7 Å². The maximum Gasteiger partial charge on any atom is 0.248 e. The van der Waals surface area contributed by atoms with Crippen LogP contribution >= 0.6 is 23.1 Å². The molecule has 0 fully saturated rings. The van der Waals surface area contributed by atoms with E-state index in [1.165, 1.54) is 11.8 Å². The molecule has 1 unspecified atom stereocenters. The molecule has 12 heteroatoms. The number of benzene rings is 2. The fourth-order valence-corrected chi connectivity index (χ4v) is 5.34. The van der Waals surface area contributed by atoms with Crippen molar-refractivity contribution < 1.29 is 23.2 Å². The molecule has 202 valence electrons. The Labute approximate surface area is 228 Å². The second-order valence-corrected chi connectivity index (χ2v) is 10.9. The van der Waals surface area contributed by atoms with Crippen molar-refractivity contribution in [3.05, 3.63) is 65.7 Å². The SMILES string of the molecule is CCCC(NC(=O)Cc1cc(F)cc(F)c1)C(=O)Nc1nnc(SCC(=O)N(c2ccccc2)C(C)C)s1. The first-order valence-corrected chi connectivity index (χ1v) is 13.8. The lowest BCUT2D eigenvalue weighted by Gasteiger charge is -2.26. The Hall–Kier alpha value is -3.38. The van der Waals surface area contributed by atoms with Gasteiger partial charge in [0.25, 0.3) is 0 Å². The Morgan fingerprint density at radius 2 is 1.74 bits per heavy atom. The van der Waals surface area contributed by atoms with Gasteiger partial charge in [-0.1, -0.05) is 54.6 Å². The highest BCUT2D eigenvalue weighted by Gasteiger charge is 2.23. The van der Waals surface area contributed by atoms with Crippen molar-refractivity contribution in [3.63, 3.8) is 0 Å². The Balaban J connectivity index is 1.56. The number of anilines is 2. The van der Waals surface area contributed by atoms with Crippen LogP contribution in [0.2, 0.25) is 0 Å². The molecule has 0 radical (unpaired) electrons. The zero-order valence-electron chi connectivity index (χ0n) is 21.2. The number of aromatic nitrogens is 2. The van der Waals surface area contributed by atoms with Crippen LogP contribution in [0.15, 0.2) is 52.9 Å². The molecular weight excluding hydrogens is 532 g/mol. The minimum absolute atomic E-state index is 0.0274. The van der Waals surface area contributed by atoms with Gasteiger partial charge >= 0.3 is 0 Å². The van der Waals surface area contributed by atoms with Crippen LogP contribution < -0.4 is 15.5 Å². The van der Waals surface area contributed by atoms with Gasteiger partial charge < -0.3 is 10.2 Å². The summed E-state index contributed by atoms with van der Waals surface area (Å²) in [5.41, 5.74) is 0.976. The van der Waals surface area contributed by atoms with Gasteiger partial charge in [-0.25, -0.2) is 8.78 Å². The molecule has 1 heterocycles. The van der Waals surface area contributed by atoms with Gasteiger partial charge in [0.15, 0.2) is 4.34 Å². The minimum atomic E-state index is -0.863. The van der Waals surface area contributed by atoms with E-state index in [-0.39, 0.29) is 34.8 Å². The van der Waals surface area contributed by atoms with E-state index in [1.54, 1.807) is 4.90 Å².